The lowest BCUT2D eigenvalue weighted by molar-refractivity contribution is 0.635. The summed E-state index contributed by atoms with van der Waals surface area (Å²) < 4.78 is 15.9. The molecule has 10 heteroatoms. The van der Waals surface area contributed by atoms with Crippen molar-refractivity contribution in [2.45, 2.75) is 19.9 Å². The van der Waals surface area contributed by atoms with E-state index in [1.165, 1.54) is 16.7 Å². The third-order valence-corrected chi connectivity index (χ3v) is 4.94. The molecule has 4 aromatic rings. The van der Waals surface area contributed by atoms with Crippen molar-refractivity contribution >= 4 is 28.5 Å². The van der Waals surface area contributed by atoms with Gasteiger partial charge in [0, 0.05) is 0 Å². The number of aromatic nitrogens is 4. The smallest absolute Gasteiger partial charge is 0.269 e. The molecule has 2 aromatic heterocycles. The molecule has 0 fully saturated rings. The van der Waals surface area contributed by atoms with E-state index in [4.69, 9.17) is 11.5 Å². The van der Waals surface area contributed by atoms with Crippen LogP contribution in [-0.4, -0.2) is 19.5 Å². The number of rotatable bonds is 4. The standard InChI is InChI=1S/C22H19FN8O/c1-11-5-3-6-13(9-11)31-20(28-16-8-4-7-15(23)17(16)21(31)32)12(2)27-19-14(10-24)18(25)29-22(26)30-19/h3-9,12H,1-2H3,(H5,25,26,27,29,30). The number of nitrogens with one attached hydrogen (secondary N) is 1. The average molecular weight is 430 g/mol. The molecule has 0 aliphatic carbocycles. The molecule has 0 aliphatic heterocycles. The lowest BCUT2D eigenvalue weighted by atomic mass is 10.1. The van der Waals surface area contributed by atoms with Gasteiger partial charge in [0.15, 0.2) is 5.82 Å². The average Bonchev–Trinajstić information content (AvgIpc) is 2.73. The fourth-order valence-electron chi connectivity index (χ4n) is 3.49. The van der Waals surface area contributed by atoms with Crippen LogP contribution >= 0.6 is 0 Å². The van der Waals surface area contributed by atoms with Crippen molar-refractivity contribution in [3.8, 4) is 11.8 Å². The monoisotopic (exact) mass is 430 g/mol. The number of nitrogens with two attached hydrogens (primary N) is 2. The zero-order valence-corrected chi connectivity index (χ0v) is 17.3. The number of fused-ring (bicyclic) bond motifs is 1. The first-order chi connectivity index (χ1) is 15.3. The van der Waals surface area contributed by atoms with Gasteiger partial charge < -0.3 is 16.8 Å². The van der Waals surface area contributed by atoms with Gasteiger partial charge in [0.25, 0.3) is 5.56 Å². The molecule has 9 nitrogen and oxygen atoms in total. The highest BCUT2D eigenvalue weighted by Crippen LogP contribution is 2.25. The summed E-state index contributed by atoms with van der Waals surface area (Å²) in [6, 6.07) is 12.8. The van der Waals surface area contributed by atoms with Crippen LogP contribution in [0.3, 0.4) is 0 Å². The van der Waals surface area contributed by atoms with Gasteiger partial charge in [-0.2, -0.15) is 15.2 Å². The highest BCUT2D eigenvalue weighted by atomic mass is 19.1. The van der Waals surface area contributed by atoms with Crippen LogP contribution in [-0.2, 0) is 0 Å². The minimum atomic E-state index is -0.656. The van der Waals surface area contributed by atoms with E-state index in [-0.39, 0.29) is 34.1 Å². The number of benzene rings is 2. The van der Waals surface area contributed by atoms with E-state index >= 15 is 0 Å². The maximum Gasteiger partial charge on any atom is 0.269 e. The predicted octanol–water partition coefficient (Wildman–Crippen LogP) is 2.83. The van der Waals surface area contributed by atoms with Gasteiger partial charge in [0.2, 0.25) is 5.95 Å². The van der Waals surface area contributed by atoms with Crippen molar-refractivity contribution in [2.24, 2.45) is 0 Å². The minimum absolute atomic E-state index is 0.0161. The molecule has 5 N–H and O–H groups in total. The highest BCUT2D eigenvalue weighted by Gasteiger charge is 2.22. The van der Waals surface area contributed by atoms with Gasteiger partial charge in [-0.25, -0.2) is 9.37 Å². The SMILES string of the molecule is Cc1cccc(-n2c(C(C)Nc3nc(N)nc(N)c3C#N)nc3cccc(F)c3c2=O)c1. The molecular formula is C22H19FN8O. The molecule has 0 bridgehead atoms. The Kier molecular flexibility index (Phi) is 5.16. The molecule has 2 aromatic carbocycles. The van der Waals surface area contributed by atoms with Crippen molar-refractivity contribution in [1.29, 1.82) is 5.26 Å². The van der Waals surface area contributed by atoms with Crippen LogP contribution in [0.1, 0.15) is 29.9 Å². The van der Waals surface area contributed by atoms with Crippen LogP contribution < -0.4 is 22.3 Å². The number of nitrogen functional groups attached to an aromatic ring is 2. The molecule has 160 valence electrons. The van der Waals surface area contributed by atoms with Crippen LogP contribution in [0.4, 0.5) is 22.0 Å². The summed E-state index contributed by atoms with van der Waals surface area (Å²) in [4.78, 5) is 25.8. The second-order valence-electron chi connectivity index (χ2n) is 7.25. The maximum absolute atomic E-state index is 14.5. The molecule has 0 saturated carbocycles. The number of aryl methyl sites for hydroxylation is 1. The summed E-state index contributed by atoms with van der Waals surface area (Å²) in [6.07, 6.45) is 0. The zero-order valence-electron chi connectivity index (χ0n) is 17.3. The van der Waals surface area contributed by atoms with E-state index in [0.717, 1.165) is 5.56 Å². The van der Waals surface area contributed by atoms with Gasteiger partial charge in [-0.3, -0.25) is 9.36 Å². The first-order valence-corrected chi connectivity index (χ1v) is 9.68. The first kappa shape index (κ1) is 20.7. The normalized spacial score (nSPS) is 11.8. The number of hydrogen-bond acceptors (Lipinski definition) is 8. The molecule has 0 spiro atoms. The predicted molar refractivity (Wildman–Crippen MR) is 120 cm³/mol. The molecule has 2 heterocycles. The molecule has 0 saturated heterocycles. The number of hydrogen-bond donors (Lipinski definition) is 3. The summed E-state index contributed by atoms with van der Waals surface area (Å²) in [5.41, 5.74) is 12.6. The number of nitriles is 1. The second-order valence-corrected chi connectivity index (χ2v) is 7.25. The Labute approximate surface area is 182 Å². The van der Waals surface area contributed by atoms with Crippen molar-refractivity contribution in [1.82, 2.24) is 19.5 Å². The Balaban J connectivity index is 1.95. The summed E-state index contributed by atoms with van der Waals surface area (Å²) >= 11 is 0. The topological polar surface area (TPSA) is 149 Å². The molecule has 4 rings (SSSR count). The fraction of sp³-hybridized carbons (Fsp3) is 0.136. The summed E-state index contributed by atoms with van der Waals surface area (Å²) in [5.74, 6) is -0.440. The molecule has 0 aliphatic rings. The van der Waals surface area contributed by atoms with Gasteiger partial charge in [-0.05, 0) is 43.7 Å². The van der Waals surface area contributed by atoms with Crippen molar-refractivity contribution in [3.63, 3.8) is 0 Å². The summed E-state index contributed by atoms with van der Waals surface area (Å²) in [5, 5.41) is 12.4. The Morgan fingerprint density at radius 2 is 1.91 bits per heavy atom. The molecule has 1 unspecified atom stereocenters. The summed E-state index contributed by atoms with van der Waals surface area (Å²) in [6.45, 7) is 3.62. The van der Waals surface area contributed by atoms with Crippen LogP contribution in [0.2, 0.25) is 0 Å². The minimum Gasteiger partial charge on any atom is -0.382 e. The van der Waals surface area contributed by atoms with Gasteiger partial charge >= 0.3 is 0 Å². The van der Waals surface area contributed by atoms with Gasteiger partial charge in [0.1, 0.15) is 34.5 Å². The van der Waals surface area contributed by atoms with Gasteiger partial charge in [-0.1, -0.05) is 18.2 Å². The summed E-state index contributed by atoms with van der Waals surface area (Å²) in [7, 11) is 0. The van der Waals surface area contributed by atoms with Crippen molar-refractivity contribution < 1.29 is 4.39 Å². The lowest BCUT2D eigenvalue weighted by Crippen LogP contribution is -2.28. The van der Waals surface area contributed by atoms with E-state index in [9.17, 15) is 14.4 Å². The van der Waals surface area contributed by atoms with Crippen LogP contribution in [0.25, 0.3) is 16.6 Å². The van der Waals surface area contributed by atoms with E-state index in [0.29, 0.717) is 11.5 Å². The molecule has 0 radical (unpaired) electrons. The molecule has 0 amide bonds. The largest absolute Gasteiger partial charge is 0.382 e. The Morgan fingerprint density at radius 1 is 1.16 bits per heavy atom. The van der Waals surface area contributed by atoms with Crippen LogP contribution in [0.5, 0.6) is 0 Å². The van der Waals surface area contributed by atoms with Crippen LogP contribution in [0.15, 0.2) is 47.3 Å². The van der Waals surface area contributed by atoms with Gasteiger partial charge in [-0.15, -0.1) is 0 Å². The van der Waals surface area contributed by atoms with Crippen LogP contribution in [0, 0.1) is 24.1 Å². The molecular weight excluding hydrogens is 411 g/mol. The van der Waals surface area contributed by atoms with Gasteiger partial charge in [0.05, 0.1) is 17.2 Å². The third-order valence-electron chi connectivity index (χ3n) is 4.94. The quantitative estimate of drug-likeness (QED) is 0.447. The third kappa shape index (κ3) is 3.56. The van der Waals surface area contributed by atoms with E-state index < -0.39 is 17.4 Å². The van der Waals surface area contributed by atoms with Crippen molar-refractivity contribution in [2.75, 3.05) is 16.8 Å². The molecule has 1 atom stereocenters. The Morgan fingerprint density at radius 3 is 2.62 bits per heavy atom. The lowest BCUT2D eigenvalue weighted by Gasteiger charge is -2.21. The van der Waals surface area contributed by atoms with E-state index in [1.54, 1.807) is 31.2 Å². The Hall–Kier alpha value is -4.52. The highest BCUT2D eigenvalue weighted by molar-refractivity contribution is 5.79. The first-order valence-electron chi connectivity index (χ1n) is 9.68. The number of nitrogens with zero attached hydrogens (tertiary/aromatic N) is 5. The van der Waals surface area contributed by atoms with E-state index in [2.05, 4.69) is 20.3 Å². The number of halogens is 1. The maximum atomic E-state index is 14.5. The fourth-order valence-corrected chi connectivity index (χ4v) is 3.49. The van der Waals surface area contributed by atoms with E-state index in [1.807, 2.05) is 19.1 Å². The second kappa shape index (κ2) is 7.96. The van der Waals surface area contributed by atoms with Crippen molar-refractivity contribution in [3.05, 3.63) is 75.6 Å². The number of anilines is 3. The molecule has 32 heavy (non-hydrogen) atoms. The Bertz CT molecular complexity index is 1460. The zero-order chi connectivity index (χ0) is 23.0.